The molecule has 4 saturated carbocycles. The molecule has 0 aromatic rings. The highest BCUT2D eigenvalue weighted by molar-refractivity contribution is 5.79. The van der Waals surface area contributed by atoms with Gasteiger partial charge in [0.15, 0.2) is 0 Å². The zero-order chi connectivity index (χ0) is 29.3. The van der Waals surface area contributed by atoms with Crippen LogP contribution in [0, 0.1) is 34.0 Å². The zero-order valence-corrected chi connectivity index (χ0v) is 25.8. The Balaban J connectivity index is 1.72. The second-order valence-electron chi connectivity index (χ2n) is 15.2. The molecule has 0 aromatic heterocycles. The first-order valence-electron chi connectivity index (χ1n) is 15.2. The Labute approximate surface area is 236 Å². The van der Waals surface area contributed by atoms with Gasteiger partial charge in [-0.25, -0.2) is 0 Å². The maximum absolute atomic E-state index is 13.8. The number of aliphatic hydroxyl groups excluding tert-OH is 1. The predicted octanol–water partition coefficient (Wildman–Crippen LogP) is 6.38. The molecule has 4 fully saturated rings. The maximum Gasteiger partial charge on any atom is 0.312 e. The fourth-order valence-electron chi connectivity index (χ4n) is 7.21. The quantitative estimate of drug-likeness (QED) is 0.210. The van der Waals surface area contributed by atoms with Crippen molar-refractivity contribution >= 4 is 17.9 Å². The van der Waals surface area contributed by atoms with Crippen molar-refractivity contribution in [3.05, 3.63) is 0 Å². The van der Waals surface area contributed by atoms with Gasteiger partial charge in [0.2, 0.25) is 0 Å². The van der Waals surface area contributed by atoms with Crippen molar-refractivity contribution in [2.45, 2.75) is 137 Å². The van der Waals surface area contributed by atoms with Crippen LogP contribution in [0.3, 0.4) is 0 Å². The van der Waals surface area contributed by atoms with E-state index in [2.05, 4.69) is 0 Å². The molecule has 7 nitrogen and oxygen atoms in total. The molecule has 1 N–H and O–H groups in total. The highest BCUT2D eigenvalue weighted by atomic mass is 16.6. The van der Waals surface area contributed by atoms with Crippen LogP contribution in [0.15, 0.2) is 0 Å². The van der Waals surface area contributed by atoms with Crippen LogP contribution in [-0.2, 0) is 28.6 Å². The topological polar surface area (TPSA) is 99.1 Å². The Bertz CT molecular complexity index is 865. The van der Waals surface area contributed by atoms with Gasteiger partial charge in [0, 0.05) is 0 Å². The number of carbonyl (C=O) groups is 3. The summed E-state index contributed by atoms with van der Waals surface area (Å²) in [5.74, 6) is 1.23. The Morgan fingerprint density at radius 1 is 0.744 bits per heavy atom. The van der Waals surface area contributed by atoms with Crippen LogP contribution in [0.5, 0.6) is 0 Å². The summed E-state index contributed by atoms with van der Waals surface area (Å²) in [6.07, 6.45) is 9.27. The third kappa shape index (κ3) is 7.77. The zero-order valence-electron chi connectivity index (χ0n) is 25.8. The first-order chi connectivity index (χ1) is 17.9. The minimum absolute atomic E-state index is 0.0493. The van der Waals surface area contributed by atoms with Crippen molar-refractivity contribution < 1.29 is 33.7 Å². The van der Waals surface area contributed by atoms with Gasteiger partial charge in [0.25, 0.3) is 0 Å². The largest absolute Gasteiger partial charge is 0.463 e. The van der Waals surface area contributed by atoms with E-state index < -0.39 is 27.8 Å². The molecule has 0 aliphatic heterocycles. The van der Waals surface area contributed by atoms with Crippen LogP contribution in [0.4, 0.5) is 0 Å². The number of hydrogen-bond acceptors (Lipinski definition) is 7. The fourth-order valence-corrected chi connectivity index (χ4v) is 7.21. The summed E-state index contributed by atoms with van der Waals surface area (Å²) >= 11 is 0. The Morgan fingerprint density at radius 3 is 1.69 bits per heavy atom. The first-order valence-corrected chi connectivity index (χ1v) is 15.2. The van der Waals surface area contributed by atoms with E-state index in [1.807, 2.05) is 41.5 Å². The summed E-state index contributed by atoms with van der Waals surface area (Å²) in [5.41, 5.74) is -3.37. The molecule has 0 spiro atoms. The molecule has 224 valence electrons. The van der Waals surface area contributed by atoms with E-state index in [1.54, 1.807) is 13.8 Å². The lowest BCUT2D eigenvalue weighted by Crippen LogP contribution is -2.54. The summed E-state index contributed by atoms with van der Waals surface area (Å²) in [5, 5.41) is 9.03. The Morgan fingerprint density at radius 2 is 1.23 bits per heavy atom. The molecule has 0 radical (unpaired) electrons. The van der Waals surface area contributed by atoms with E-state index in [0.717, 1.165) is 19.3 Å². The van der Waals surface area contributed by atoms with Crippen molar-refractivity contribution in [2.75, 3.05) is 13.2 Å². The summed E-state index contributed by atoms with van der Waals surface area (Å²) < 4.78 is 17.5. The average Bonchev–Trinajstić information content (AvgIpc) is 2.82. The van der Waals surface area contributed by atoms with E-state index in [0.29, 0.717) is 49.9 Å². The Hall–Kier alpha value is -1.63. The number of ether oxygens (including phenoxy) is 3. The van der Waals surface area contributed by atoms with Gasteiger partial charge in [0.1, 0.15) is 17.8 Å². The summed E-state index contributed by atoms with van der Waals surface area (Å²) in [7, 11) is 0. The van der Waals surface area contributed by atoms with Crippen LogP contribution in [0.25, 0.3) is 0 Å². The van der Waals surface area contributed by atoms with E-state index in [9.17, 15) is 14.4 Å². The van der Waals surface area contributed by atoms with Gasteiger partial charge in [-0.3, -0.25) is 14.4 Å². The lowest BCUT2D eigenvalue weighted by atomic mass is 9.54. The number of aliphatic hydroxyl groups is 1. The van der Waals surface area contributed by atoms with E-state index in [-0.39, 0.29) is 30.8 Å². The standard InChI is InChI=1S/C32H54O7/c1-9-30(7,26(35)39-32-19-22-16-23(20-32)18-24(17-22)21-32)12-13-31(8,27(36)38-28(2,3)4)11-10-29(5,6)25(34)37-15-14-33/h22-24,33H,9-21H2,1-8H3. The number of rotatable bonds is 13. The molecule has 0 amide bonds. The molecule has 4 bridgehead atoms. The predicted molar refractivity (Wildman–Crippen MR) is 150 cm³/mol. The highest BCUT2D eigenvalue weighted by Gasteiger charge is 2.54. The number of carbonyl (C=O) groups excluding carboxylic acids is 3. The lowest BCUT2D eigenvalue weighted by Gasteiger charge is -2.56. The van der Waals surface area contributed by atoms with E-state index in [1.165, 1.54) is 19.3 Å². The number of hydrogen-bond donors (Lipinski definition) is 1. The Kier molecular flexibility index (Phi) is 9.56. The van der Waals surface area contributed by atoms with Gasteiger partial charge in [0.05, 0.1) is 22.9 Å². The minimum atomic E-state index is -0.890. The fraction of sp³-hybridized carbons (Fsp3) is 0.906. The van der Waals surface area contributed by atoms with Crippen molar-refractivity contribution in [1.29, 1.82) is 0 Å². The van der Waals surface area contributed by atoms with Crippen LogP contribution >= 0.6 is 0 Å². The van der Waals surface area contributed by atoms with Crippen molar-refractivity contribution in [2.24, 2.45) is 34.0 Å². The van der Waals surface area contributed by atoms with Crippen LogP contribution in [-0.4, -0.2) is 47.4 Å². The van der Waals surface area contributed by atoms with Crippen LogP contribution in [0.2, 0.25) is 0 Å². The average molecular weight is 551 g/mol. The molecule has 4 aliphatic rings. The molecule has 2 unspecified atom stereocenters. The SMILES string of the molecule is CCC(C)(CCC(C)(CCC(C)(C)C(=O)OCCO)C(=O)OC(C)(C)C)C(=O)OC12CC3CC(CC(C3)C1)C2. The smallest absolute Gasteiger partial charge is 0.312 e. The van der Waals surface area contributed by atoms with E-state index in [4.69, 9.17) is 19.3 Å². The first kappa shape index (κ1) is 31.9. The summed E-state index contributed by atoms with van der Waals surface area (Å²) in [4.78, 5) is 39.9. The lowest BCUT2D eigenvalue weighted by molar-refractivity contribution is -0.198. The highest BCUT2D eigenvalue weighted by Crippen LogP contribution is 2.57. The molecule has 4 aliphatic carbocycles. The van der Waals surface area contributed by atoms with Gasteiger partial charge < -0.3 is 19.3 Å². The van der Waals surface area contributed by atoms with Crippen molar-refractivity contribution in [1.82, 2.24) is 0 Å². The van der Waals surface area contributed by atoms with Crippen LogP contribution < -0.4 is 0 Å². The molecule has 4 rings (SSSR count). The van der Waals surface area contributed by atoms with Gasteiger partial charge >= 0.3 is 17.9 Å². The van der Waals surface area contributed by atoms with Gasteiger partial charge in [-0.15, -0.1) is 0 Å². The second-order valence-corrected chi connectivity index (χ2v) is 15.2. The molecule has 0 saturated heterocycles. The molecular weight excluding hydrogens is 496 g/mol. The molecule has 7 heteroatoms. The van der Waals surface area contributed by atoms with Crippen molar-refractivity contribution in [3.8, 4) is 0 Å². The van der Waals surface area contributed by atoms with E-state index >= 15 is 0 Å². The monoisotopic (exact) mass is 550 g/mol. The number of esters is 3. The molecular formula is C32H54O7. The normalized spacial score (nSPS) is 29.3. The minimum Gasteiger partial charge on any atom is -0.463 e. The van der Waals surface area contributed by atoms with Gasteiger partial charge in [-0.1, -0.05) is 6.92 Å². The molecule has 0 aromatic carbocycles. The van der Waals surface area contributed by atoms with Gasteiger partial charge in [-0.2, -0.15) is 0 Å². The maximum atomic E-state index is 13.8. The summed E-state index contributed by atoms with van der Waals surface area (Å²) in [6, 6.07) is 0. The molecule has 2 atom stereocenters. The second kappa shape index (κ2) is 11.7. The van der Waals surface area contributed by atoms with Crippen LogP contribution in [0.1, 0.15) is 126 Å². The summed E-state index contributed by atoms with van der Waals surface area (Å²) in [6.45, 7) is 14.7. The van der Waals surface area contributed by atoms with Gasteiger partial charge in [-0.05, 0) is 137 Å². The third-order valence-corrected chi connectivity index (χ3v) is 9.86. The molecule has 39 heavy (non-hydrogen) atoms. The van der Waals surface area contributed by atoms with Crippen molar-refractivity contribution in [3.63, 3.8) is 0 Å². The molecule has 0 heterocycles. The third-order valence-electron chi connectivity index (χ3n) is 9.86.